The molecule has 0 bridgehead atoms. The Morgan fingerprint density at radius 1 is 1.03 bits per heavy atom. The average Bonchev–Trinajstić information content (AvgIpc) is 3.48. The van der Waals surface area contributed by atoms with E-state index in [1.807, 2.05) is 0 Å². The van der Waals surface area contributed by atoms with Gasteiger partial charge in [0.15, 0.2) is 0 Å². The summed E-state index contributed by atoms with van der Waals surface area (Å²) in [7, 11) is 0. The van der Waals surface area contributed by atoms with E-state index in [1.54, 1.807) is 12.1 Å². The number of fused-ring (bicyclic) bond motifs is 2. The summed E-state index contributed by atoms with van der Waals surface area (Å²) >= 11 is 0. The predicted octanol–water partition coefficient (Wildman–Crippen LogP) is 3.85. The Bertz CT molecular complexity index is 1390. The number of likely N-dealkylation sites (tertiary alicyclic amines) is 1. The zero-order valence-corrected chi connectivity index (χ0v) is 19.6. The lowest BCUT2D eigenvalue weighted by Crippen LogP contribution is -2.52. The molecule has 2 aromatic carbocycles. The van der Waals surface area contributed by atoms with Crippen molar-refractivity contribution in [1.82, 2.24) is 15.1 Å². The van der Waals surface area contributed by atoms with Gasteiger partial charge in [-0.05, 0) is 73.7 Å². The van der Waals surface area contributed by atoms with Crippen molar-refractivity contribution in [2.24, 2.45) is 0 Å². The Morgan fingerprint density at radius 2 is 1.83 bits per heavy atom. The molecule has 1 aromatic heterocycles. The Balaban J connectivity index is 1.18. The molecule has 0 radical (unpaired) electrons. The first-order valence-electron chi connectivity index (χ1n) is 12.2. The minimum atomic E-state index is -0.727. The van der Waals surface area contributed by atoms with Crippen molar-refractivity contribution in [2.45, 2.75) is 50.7 Å². The molecule has 0 saturated carbocycles. The third-order valence-electron chi connectivity index (χ3n) is 7.72. The van der Waals surface area contributed by atoms with Gasteiger partial charge in [0.2, 0.25) is 11.8 Å². The number of hydrogen-bond acceptors (Lipinski definition) is 5. The van der Waals surface area contributed by atoms with Crippen LogP contribution in [-0.2, 0) is 22.7 Å². The molecule has 3 aliphatic rings. The highest BCUT2D eigenvalue weighted by Crippen LogP contribution is 2.38. The van der Waals surface area contributed by atoms with Gasteiger partial charge in [-0.15, -0.1) is 0 Å². The van der Waals surface area contributed by atoms with Crippen molar-refractivity contribution >= 4 is 28.7 Å². The molecule has 2 saturated heterocycles. The quantitative estimate of drug-likeness (QED) is 0.559. The van der Waals surface area contributed by atoms with Crippen LogP contribution >= 0.6 is 0 Å². The zero-order valence-electron chi connectivity index (χ0n) is 19.6. The number of piperidine rings is 2. The van der Waals surface area contributed by atoms with Crippen LogP contribution in [0.5, 0.6) is 0 Å². The van der Waals surface area contributed by atoms with E-state index in [2.05, 4.69) is 10.2 Å². The molecular formula is C27H25F2N3O4. The van der Waals surface area contributed by atoms with Gasteiger partial charge in [0.05, 0.1) is 11.6 Å². The summed E-state index contributed by atoms with van der Waals surface area (Å²) < 4.78 is 34.1. The van der Waals surface area contributed by atoms with Crippen LogP contribution in [0.25, 0.3) is 11.0 Å². The number of benzene rings is 2. The molecule has 1 N–H and O–H groups in total. The van der Waals surface area contributed by atoms with Crippen LogP contribution in [0.15, 0.2) is 41.0 Å². The molecule has 0 aliphatic carbocycles. The molecule has 1 unspecified atom stereocenters. The van der Waals surface area contributed by atoms with Crippen molar-refractivity contribution in [3.05, 3.63) is 70.5 Å². The summed E-state index contributed by atoms with van der Waals surface area (Å²) in [5.41, 5.74) is 3.39. The van der Waals surface area contributed by atoms with Crippen LogP contribution in [0.2, 0.25) is 0 Å². The van der Waals surface area contributed by atoms with Gasteiger partial charge in [0.1, 0.15) is 23.3 Å². The Labute approximate surface area is 206 Å². The van der Waals surface area contributed by atoms with Crippen LogP contribution < -0.4 is 5.32 Å². The lowest BCUT2D eigenvalue weighted by atomic mass is 9.85. The Kier molecular flexibility index (Phi) is 5.59. The Hall–Kier alpha value is -3.59. The number of nitrogens with one attached hydrogen (secondary N) is 1. The molecule has 2 fully saturated rings. The predicted molar refractivity (Wildman–Crippen MR) is 126 cm³/mol. The van der Waals surface area contributed by atoms with Crippen LogP contribution in [0.4, 0.5) is 8.78 Å². The molecule has 186 valence electrons. The second-order valence-electron chi connectivity index (χ2n) is 9.84. The zero-order chi connectivity index (χ0) is 25.0. The minimum Gasteiger partial charge on any atom is -0.464 e. The van der Waals surface area contributed by atoms with E-state index in [0.717, 1.165) is 42.6 Å². The van der Waals surface area contributed by atoms with Gasteiger partial charge in [-0.1, -0.05) is 6.07 Å². The van der Waals surface area contributed by atoms with Gasteiger partial charge in [-0.3, -0.25) is 24.6 Å². The number of nitrogens with zero attached hydrogens (tertiary/aromatic N) is 2. The van der Waals surface area contributed by atoms with Crippen LogP contribution in [0, 0.1) is 11.6 Å². The fraction of sp³-hybridized carbons (Fsp3) is 0.370. The number of carbonyl (C=O) groups excluding carboxylic acids is 3. The van der Waals surface area contributed by atoms with E-state index in [9.17, 15) is 23.2 Å². The monoisotopic (exact) mass is 493 g/mol. The van der Waals surface area contributed by atoms with E-state index in [4.69, 9.17) is 4.42 Å². The average molecular weight is 494 g/mol. The molecule has 3 aromatic rings. The number of furan rings is 1. The normalized spacial score (nSPS) is 21.3. The number of halogens is 2. The first kappa shape index (κ1) is 22.8. The maximum atomic E-state index is 14.6. The first-order valence-corrected chi connectivity index (χ1v) is 12.2. The van der Waals surface area contributed by atoms with Gasteiger partial charge in [-0.2, -0.15) is 0 Å². The van der Waals surface area contributed by atoms with Crippen LogP contribution in [0.1, 0.15) is 58.6 Å². The third kappa shape index (κ3) is 3.87. The fourth-order valence-electron chi connectivity index (χ4n) is 5.87. The van der Waals surface area contributed by atoms with E-state index in [0.29, 0.717) is 23.1 Å². The van der Waals surface area contributed by atoms with Gasteiger partial charge in [0, 0.05) is 30.6 Å². The SMILES string of the molecule is O=C1CCC(N2Cc3c(cc(F)cc3C3CCN(Cc4ccc(F)c5ccoc45)CC3)C2=O)C(=O)N1. The summed E-state index contributed by atoms with van der Waals surface area (Å²) in [6.07, 6.45) is 3.50. The van der Waals surface area contributed by atoms with Crippen molar-refractivity contribution in [2.75, 3.05) is 13.1 Å². The highest BCUT2D eigenvalue weighted by atomic mass is 19.1. The lowest BCUT2D eigenvalue weighted by Gasteiger charge is -2.33. The second-order valence-corrected chi connectivity index (χ2v) is 9.84. The number of hydrogen-bond donors (Lipinski definition) is 1. The second kappa shape index (κ2) is 8.81. The largest absolute Gasteiger partial charge is 0.464 e. The van der Waals surface area contributed by atoms with Crippen molar-refractivity contribution in [1.29, 1.82) is 0 Å². The summed E-state index contributed by atoms with van der Waals surface area (Å²) in [4.78, 5) is 40.8. The molecular weight excluding hydrogens is 468 g/mol. The van der Waals surface area contributed by atoms with E-state index < -0.39 is 17.8 Å². The summed E-state index contributed by atoms with van der Waals surface area (Å²) in [6.45, 7) is 2.39. The van der Waals surface area contributed by atoms with Gasteiger partial charge >= 0.3 is 0 Å². The van der Waals surface area contributed by atoms with Crippen LogP contribution in [-0.4, -0.2) is 46.7 Å². The maximum absolute atomic E-state index is 14.6. The van der Waals surface area contributed by atoms with E-state index in [-0.39, 0.29) is 42.9 Å². The van der Waals surface area contributed by atoms with E-state index in [1.165, 1.54) is 29.4 Å². The topological polar surface area (TPSA) is 82.9 Å². The standard InChI is InChI=1S/C27H25F2N3O4/c28-17-11-19(21-14-32(27(35)20(21)12-17)23-3-4-24(33)30-26(23)34)15-5-8-31(9-6-15)13-16-1-2-22(29)18-7-10-36-25(16)18/h1-2,7,10-12,15,23H,3-6,8-9,13-14H2,(H,30,33,34). The van der Waals surface area contributed by atoms with E-state index >= 15 is 0 Å². The summed E-state index contributed by atoms with van der Waals surface area (Å²) in [5, 5.41) is 2.78. The van der Waals surface area contributed by atoms with Crippen molar-refractivity contribution in [3.63, 3.8) is 0 Å². The van der Waals surface area contributed by atoms with Crippen molar-refractivity contribution < 1.29 is 27.6 Å². The third-order valence-corrected chi connectivity index (χ3v) is 7.72. The molecule has 0 spiro atoms. The molecule has 9 heteroatoms. The molecule has 7 nitrogen and oxygen atoms in total. The smallest absolute Gasteiger partial charge is 0.255 e. The first-order chi connectivity index (χ1) is 17.4. The fourth-order valence-corrected chi connectivity index (χ4v) is 5.87. The number of carbonyl (C=O) groups is 3. The molecule has 36 heavy (non-hydrogen) atoms. The summed E-state index contributed by atoms with van der Waals surface area (Å²) in [5.74, 6) is -1.87. The Morgan fingerprint density at radius 3 is 2.61 bits per heavy atom. The lowest BCUT2D eigenvalue weighted by molar-refractivity contribution is -0.136. The number of imide groups is 1. The molecule has 1 atom stereocenters. The minimum absolute atomic E-state index is 0.0806. The molecule has 3 aliphatic heterocycles. The molecule has 4 heterocycles. The molecule has 3 amide bonds. The van der Waals surface area contributed by atoms with Gasteiger partial charge in [0.25, 0.3) is 5.91 Å². The highest BCUT2D eigenvalue weighted by molar-refractivity contribution is 6.05. The number of amides is 3. The van der Waals surface area contributed by atoms with Gasteiger partial charge in [-0.25, -0.2) is 8.78 Å². The van der Waals surface area contributed by atoms with Crippen LogP contribution in [0.3, 0.4) is 0 Å². The highest BCUT2D eigenvalue weighted by Gasteiger charge is 2.41. The number of rotatable bonds is 4. The van der Waals surface area contributed by atoms with Gasteiger partial charge < -0.3 is 9.32 Å². The molecule has 6 rings (SSSR count). The maximum Gasteiger partial charge on any atom is 0.255 e. The van der Waals surface area contributed by atoms with Crippen molar-refractivity contribution in [3.8, 4) is 0 Å². The summed E-state index contributed by atoms with van der Waals surface area (Å²) in [6, 6.07) is 6.89.